The van der Waals surface area contributed by atoms with Gasteiger partial charge in [0.25, 0.3) is 0 Å². The molecule has 0 aromatic rings. The topological polar surface area (TPSA) is 59.0 Å². The van der Waals surface area contributed by atoms with Gasteiger partial charge in [-0.1, -0.05) is 19.3 Å². The molecule has 5 nitrogen and oxygen atoms in total. The predicted molar refractivity (Wildman–Crippen MR) is 84.6 cm³/mol. The van der Waals surface area contributed by atoms with Gasteiger partial charge in [-0.2, -0.15) is 0 Å². The second-order valence-electron chi connectivity index (χ2n) is 6.57. The highest BCUT2D eigenvalue weighted by atomic mass is 16.5. The van der Waals surface area contributed by atoms with Gasteiger partial charge in [-0.25, -0.2) is 0 Å². The number of carbonyl (C=O) groups is 1. The molecule has 1 aliphatic carbocycles. The second-order valence-corrected chi connectivity index (χ2v) is 6.57. The van der Waals surface area contributed by atoms with Crippen molar-refractivity contribution in [3.8, 4) is 0 Å². The van der Waals surface area contributed by atoms with Gasteiger partial charge in [0, 0.05) is 6.54 Å². The molecule has 1 saturated carbocycles. The van der Waals surface area contributed by atoms with Crippen LogP contribution in [0.3, 0.4) is 0 Å². The lowest BCUT2D eigenvalue weighted by molar-refractivity contribution is -0.149. The summed E-state index contributed by atoms with van der Waals surface area (Å²) >= 11 is 0. The molecule has 0 amide bonds. The summed E-state index contributed by atoms with van der Waals surface area (Å²) in [6.45, 7) is 5.07. The molecule has 0 unspecified atom stereocenters. The third-order valence-corrected chi connectivity index (χ3v) is 4.75. The fourth-order valence-electron chi connectivity index (χ4n) is 3.44. The third-order valence-electron chi connectivity index (χ3n) is 4.75. The van der Waals surface area contributed by atoms with Crippen molar-refractivity contribution < 1.29 is 19.4 Å². The number of rotatable bonds is 7. The Hall–Kier alpha value is -0.650. The number of carbonyl (C=O) groups excluding carboxylic acids is 1. The molecule has 0 radical (unpaired) electrons. The van der Waals surface area contributed by atoms with Crippen LogP contribution in [0.25, 0.3) is 0 Å². The lowest BCUT2D eigenvalue weighted by Crippen LogP contribution is -2.42. The summed E-state index contributed by atoms with van der Waals surface area (Å²) in [5, 5.41) is 10.1. The summed E-state index contributed by atoms with van der Waals surface area (Å²) in [6, 6.07) is 0. The number of esters is 1. The Kier molecular flexibility index (Phi) is 7.63. The van der Waals surface area contributed by atoms with Gasteiger partial charge in [0.1, 0.15) is 0 Å². The van der Waals surface area contributed by atoms with E-state index >= 15 is 0 Å². The first-order valence-electron chi connectivity index (χ1n) is 8.87. The molecule has 1 atom stereocenters. The third kappa shape index (κ3) is 5.86. The van der Waals surface area contributed by atoms with Crippen LogP contribution in [-0.4, -0.2) is 61.0 Å². The molecular formula is C17H31NO4. The fourth-order valence-corrected chi connectivity index (χ4v) is 3.44. The number of ether oxygens (including phenoxy) is 2. The predicted octanol–water partition coefficient (Wildman–Crippen LogP) is 1.97. The minimum absolute atomic E-state index is 0.0341. The van der Waals surface area contributed by atoms with E-state index in [0.717, 1.165) is 38.8 Å². The maximum atomic E-state index is 11.7. The van der Waals surface area contributed by atoms with E-state index in [2.05, 4.69) is 4.90 Å². The van der Waals surface area contributed by atoms with Crippen molar-refractivity contribution in [3.63, 3.8) is 0 Å². The minimum atomic E-state index is -0.430. The first kappa shape index (κ1) is 17.7. The SMILES string of the molecule is CCOC(=O)C1CCN(C[C@H](O)COC2CCCCC2)CC1. The van der Waals surface area contributed by atoms with Crippen LogP contribution in [0.5, 0.6) is 0 Å². The van der Waals surface area contributed by atoms with Gasteiger partial charge in [-0.3, -0.25) is 4.79 Å². The number of likely N-dealkylation sites (tertiary alicyclic amines) is 1. The first-order chi connectivity index (χ1) is 10.7. The molecule has 1 N–H and O–H groups in total. The van der Waals surface area contributed by atoms with E-state index < -0.39 is 6.10 Å². The Balaban J connectivity index is 1.59. The number of β-amino-alcohol motifs (C(OH)–C–C–N with tert-alkyl or cyclic N) is 1. The number of hydrogen-bond donors (Lipinski definition) is 1. The first-order valence-corrected chi connectivity index (χ1v) is 8.87. The van der Waals surface area contributed by atoms with Crippen LogP contribution < -0.4 is 0 Å². The number of aliphatic hydroxyl groups is 1. The van der Waals surface area contributed by atoms with Crippen molar-refractivity contribution in [1.82, 2.24) is 4.90 Å². The van der Waals surface area contributed by atoms with Crippen LogP contribution in [0.2, 0.25) is 0 Å². The Bertz CT molecular complexity index is 323. The van der Waals surface area contributed by atoms with E-state index in [-0.39, 0.29) is 11.9 Å². The molecule has 5 heteroatoms. The van der Waals surface area contributed by atoms with Gasteiger partial charge in [0.15, 0.2) is 0 Å². The van der Waals surface area contributed by atoms with E-state index in [9.17, 15) is 9.90 Å². The molecule has 1 saturated heterocycles. The second kappa shape index (κ2) is 9.48. The van der Waals surface area contributed by atoms with E-state index in [1.54, 1.807) is 0 Å². The van der Waals surface area contributed by atoms with Crippen molar-refractivity contribution >= 4 is 5.97 Å². The summed E-state index contributed by atoms with van der Waals surface area (Å²) < 4.78 is 10.9. The van der Waals surface area contributed by atoms with E-state index in [1.807, 2.05) is 6.92 Å². The number of aliphatic hydroxyl groups excluding tert-OH is 1. The molecule has 2 rings (SSSR count). The number of nitrogens with zero attached hydrogens (tertiary/aromatic N) is 1. The summed E-state index contributed by atoms with van der Waals surface area (Å²) in [6.07, 6.45) is 7.67. The number of hydrogen-bond acceptors (Lipinski definition) is 5. The molecule has 2 aliphatic rings. The Labute approximate surface area is 134 Å². The summed E-state index contributed by atoms with van der Waals surface area (Å²) in [5.41, 5.74) is 0. The van der Waals surface area contributed by atoms with Crippen LogP contribution in [0.4, 0.5) is 0 Å². The van der Waals surface area contributed by atoms with Gasteiger partial charge >= 0.3 is 5.97 Å². The molecule has 1 heterocycles. The van der Waals surface area contributed by atoms with Gasteiger partial charge in [-0.05, 0) is 45.7 Å². The van der Waals surface area contributed by atoms with Crippen LogP contribution >= 0.6 is 0 Å². The van der Waals surface area contributed by atoms with E-state index in [4.69, 9.17) is 9.47 Å². The summed E-state index contributed by atoms with van der Waals surface area (Å²) in [4.78, 5) is 13.9. The Morgan fingerprint density at radius 2 is 1.86 bits per heavy atom. The molecule has 0 aromatic carbocycles. The lowest BCUT2D eigenvalue weighted by Gasteiger charge is -2.32. The molecule has 2 fully saturated rings. The van der Waals surface area contributed by atoms with Gasteiger partial charge in [0.2, 0.25) is 0 Å². The van der Waals surface area contributed by atoms with Crippen LogP contribution in [0.1, 0.15) is 51.9 Å². The molecule has 1 aliphatic heterocycles. The zero-order chi connectivity index (χ0) is 15.8. The average Bonchev–Trinajstić information content (AvgIpc) is 2.55. The van der Waals surface area contributed by atoms with Crippen LogP contribution in [0.15, 0.2) is 0 Å². The smallest absolute Gasteiger partial charge is 0.309 e. The monoisotopic (exact) mass is 313 g/mol. The maximum Gasteiger partial charge on any atom is 0.309 e. The van der Waals surface area contributed by atoms with E-state index in [0.29, 0.717) is 25.9 Å². The highest BCUT2D eigenvalue weighted by Gasteiger charge is 2.27. The Morgan fingerprint density at radius 1 is 1.18 bits per heavy atom. The molecule has 22 heavy (non-hydrogen) atoms. The summed E-state index contributed by atoms with van der Waals surface area (Å²) in [7, 11) is 0. The quantitative estimate of drug-likeness (QED) is 0.728. The highest BCUT2D eigenvalue weighted by Crippen LogP contribution is 2.21. The molecule has 0 bridgehead atoms. The lowest BCUT2D eigenvalue weighted by atomic mass is 9.97. The molecule has 0 spiro atoms. The molecular weight excluding hydrogens is 282 g/mol. The van der Waals surface area contributed by atoms with Crippen molar-refractivity contribution in [2.75, 3.05) is 32.8 Å². The van der Waals surface area contributed by atoms with Crippen LogP contribution in [0, 0.1) is 5.92 Å². The fraction of sp³-hybridized carbons (Fsp3) is 0.941. The maximum absolute atomic E-state index is 11.7. The Morgan fingerprint density at radius 3 is 2.50 bits per heavy atom. The number of piperidine rings is 1. The van der Waals surface area contributed by atoms with Gasteiger partial charge in [0.05, 0.1) is 31.3 Å². The standard InChI is InChI=1S/C17H31NO4/c1-2-21-17(20)14-8-10-18(11-9-14)12-15(19)13-22-16-6-4-3-5-7-16/h14-16,19H,2-13H2,1H3/t15-/m0/s1. The minimum Gasteiger partial charge on any atom is -0.466 e. The molecule has 128 valence electrons. The van der Waals surface area contributed by atoms with Gasteiger partial charge < -0.3 is 19.5 Å². The van der Waals surface area contributed by atoms with Crippen molar-refractivity contribution in [3.05, 3.63) is 0 Å². The average molecular weight is 313 g/mol. The molecule has 0 aromatic heterocycles. The van der Waals surface area contributed by atoms with Crippen molar-refractivity contribution in [2.24, 2.45) is 5.92 Å². The largest absolute Gasteiger partial charge is 0.466 e. The van der Waals surface area contributed by atoms with Crippen LogP contribution in [-0.2, 0) is 14.3 Å². The normalized spacial score (nSPS) is 23.4. The van der Waals surface area contributed by atoms with Crippen molar-refractivity contribution in [2.45, 2.75) is 64.1 Å². The summed E-state index contributed by atoms with van der Waals surface area (Å²) in [5.74, 6) is -0.0323. The van der Waals surface area contributed by atoms with Crippen molar-refractivity contribution in [1.29, 1.82) is 0 Å². The van der Waals surface area contributed by atoms with E-state index in [1.165, 1.54) is 19.3 Å². The highest BCUT2D eigenvalue weighted by molar-refractivity contribution is 5.72. The zero-order valence-electron chi connectivity index (χ0n) is 13.8. The van der Waals surface area contributed by atoms with Gasteiger partial charge in [-0.15, -0.1) is 0 Å². The zero-order valence-corrected chi connectivity index (χ0v) is 13.8.